The third-order valence-corrected chi connectivity index (χ3v) is 3.92. The quantitative estimate of drug-likeness (QED) is 0.825. The van der Waals surface area contributed by atoms with Crippen LogP contribution < -0.4 is 0 Å². The second kappa shape index (κ2) is 5.52. The molecule has 0 N–H and O–H groups in total. The molecule has 1 aliphatic heterocycles. The summed E-state index contributed by atoms with van der Waals surface area (Å²) in [6.45, 7) is 3.70. The number of amides is 1. The summed E-state index contributed by atoms with van der Waals surface area (Å²) in [6.07, 6.45) is 0. The number of carbonyl (C=O) groups is 1. The van der Waals surface area contributed by atoms with Crippen LogP contribution >= 0.6 is 0 Å². The average molecular weight is 278 g/mol. The second-order valence-electron chi connectivity index (χ2n) is 5.36. The molecule has 1 aliphatic rings. The molecule has 0 fully saturated rings. The van der Waals surface area contributed by atoms with Crippen LogP contribution in [0.25, 0.3) is 0 Å². The number of benzene rings is 2. The highest BCUT2D eigenvalue weighted by Gasteiger charge is 2.37. The van der Waals surface area contributed by atoms with Gasteiger partial charge in [0.15, 0.2) is 0 Å². The summed E-state index contributed by atoms with van der Waals surface area (Å²) in [5.41, 5.74) is 3.17. The fraction of sp³-hybridized carbons (Fsp3) is 0.222. The third-order valence-electron chi connectivity index (χ3n) is 3.92. The van der Waals surface area contributed by atoms with E-state index in [1.54, 1.807) is 11.9 Å². The van der Waals surface area contributed by atoms with Gasteiger partial charge in [0, 0.05) is 12.8 Å². The van der Waals surface area contributed by atoms with Crippen molar-refractivity contribution in [2.75, 3.05) is 0 Å². The molecule has 0 bridgehead atoms. The van der Waals surface area contributed by atoms with Gasteiger partial charge in [-0.05, 0) is 11.1 Å². The number of hydrogen-bond donors (Lipinski definition) is 0. The molecule has 2 aromatic carbocycles. The lowest BCUT2D eigenvalue weighted by Gasteiger charge is -2.24. The van der Waals surface area contributed by atoms with Crippen LogP contribution in [0.2, 0.25) is 0 Å². The first-order valence-electron chi connectivity index (χ1n) is 7.17. The molecule has 1 heterocycles. The number of hydrazone groups is 1. The molecule has 0 aliphatic carbocycles. The van der Waals surface area contributed by atoms with Gasteiger partial charge < -0.3 is 0 Å². The molecule has 0 radical (unpaired) electrons. The first-order chi connectivity index (χ1) is 10.2. The number of nitrogens with zero attached hydrogens (tertiary/aromatic N) is 2. The summed E-state index contributed by atoms with van der Waals surface area (Å²) in [5.74, 6) is 0.139. The van der Waals surface area contributed by atoms with Crippen LogP contribution in [0, 0.1) is 5.92 Å². The van der Waals surface area contributed by atoms with Crippen molar-refractivity contribution < 1.29 is 4.79 Å². The Kier molecular flexibility index (Phi) is 3.57. The van der Waals surface area contributed by atoms with Gasteiger partial charge in [0.25, 0.3) is 0 Å². The van der Waals surface area contributed by atoms with Gasteiger partial charge >= 0.3 is 0 Å². The minimum absolute atomic E-state index is 0.0263. The predicted molar refractivity (Wildman–Crippen MR) is 83.8 cm³/mol. The van der Waals surface area contributed by atoms with E-state index >= 15 is 0 Å². The Bertz CT molecular complexity index is 664. The fourth-order valence-electron chi connectivity index (χ4n) is 2.91. The molecule has 2 aromatic rings. The molecule has 0 saturated heterocycles. The largest absolute Gasteiger partial charge is 0.273 e. The Morgan fingerprint density at radius 1 is 1.00 bits per heavy atom. The van der Waals surface area contributed by atoms with Gasteiger partial charge in [0.1, 0.15) is 0 Å². The number of carbonyl (C=O) groups excluding carboxylic acids is 1. The van der Waals surface area contributed by atoms with E-state index in [1.807, 2.05) is 48.5 Å². The molecule has 0 saturated carbocycles. The zero-order valence-corrected chi connectivity index (χ0v) is 12.2. The molecule has 106 valence electrons. The lowest BCUT2D eigenvalue weighted by molar-refractivity contribution is -0.131. The van der Waals surface area contributed by atoms with Crippen LogP contribution in [0.4, 0.5) is 0 Å². The van der Waals surface area contributed by atoms with E-state index in [-0.39, 0.29) is 17.9 Å². The first kappa shape index (κ1) is 13.6. The van der Waals surface area contributed by atoms with Crippen molar-refractivity contribution in [3.63, 3.8) is 0 Å². The molecule has 3 nitrogen and oxygen atoms in total. The van der Waals surface area contributed by atoms with Crippen LogP contribution in [-0.4, -0.2) is 16.6 Å². The summed E-state index contributed by atoms with van der Waals surface area (Å²) < 4.78 is 0. The third kappa shape index (κ3) is 2.47. The number of rotatable bonds is 2. The lowest BCUT2D eigenvalue weighted by atomic mass is 9.88. The van der Waals surface area contributed by atoms with E-state index in [1.165, 1.54) is 0 Å². The van der Waals surface area contributed by atoms with Crippen molar-refractivity contribution in [3.8, 4) is 0 Å². The van der Waals surface area contributed by atoms with Gasteiger partial charge in [-0.2, -0.15) is 5.10 Å². The molecular formula is C18H18N2O. The normalized spacial score (nSPS) is 21.2. The summed E-state index contributed by atoms with van der Waals surface area (Å²) in [5, 5.41) is 6.21. The van der Waals surface area contributed by atoms with E-state index in [2.05, 4.69) is 24.2 Å². The standard InChI is InChI=1S/C18H18N2O/c1-13-17(15-9-5-3-6-10-15)19-20(14(2)21)18(13)16-11-7-4-8-12-16/h3-13,18H,1-2H3/t13-,18-/m0/s1. The smallest absolute Gasteiger partial charge is 0.240 e. The van der Waals surface area contributed by atoms with E-state index in [9.17, 15) is 4.79 Å². The first-order valence-corrected chi connectivity index (χ1v) is 7.17. The summed E-state index contributed by atoms with van der Waals surface area (Å²) >= 11 is 0. The maximum atomic E-state index is 12.0. The van der Waals surface area contributed by atoms with E-state index in [4.69, 9.17) is 0 Å². The van der Waals surface area contributed by atoms with Crippen molar-refractivity contribution in [2.24, 2.45) is 11.0 Å². The Morgan fingerprint density at radius 2 is 1.57 bits per heavy atom. The van der Waals surface area contributed by atoms with Crippen LogP contribution in [0.5, 0.6) is 0 Å². The van der Waals surface area contributed by atoms with Gasteiger partial charge in [-0.15, -0.1) is 0 Å². The second-order valence-corrected chi connectivity index (χ2v) is 5.36. The minimum atomic E-state index is -0.0288. The van der Waals surface area contributed by atoms with E-state index in [0.29, 0.717) is 0 Å². The van der Waals surface area contributed by atoms with Crippen molar-refractivity contribution >= 4 is 11.6 Å². The van der Waals surface area contributed by atoms with Crippen molar-refractivity contribution in [2.45, 2.75) is 19.9 Å². The van der Waals surface area contributed by atoms with E-state index < -0.39 is 0 Å². The SMILES string of the molecule is CC(=O)N1N=C(c2ccccc2)[C@H](C)[C@H]1c1ccccc1. The molecule has 21 heavy (non-hydrogen) atoms. The highest BCUT2D eigenvalue weighted by molar-refractivity contribution is 6.04. The Labute approximate surface area is 124 Å². The Hall–Kier alpha value is -2.42. The summed E-state index contributed by atoms with van der Waals surface area (Å²) in [6, 6.07) is 20.1. The van der Waals surface area contributed by atoms with Gasteiger partial charge in [-0.25, -0.2) is 5.01 Å². The predicted octanol–water partition coefficient (Wildman–Crippen LogP) is 3.63. The van der Waals surface area contributed by atoms with Gasteiger partial charge in [-0.3, -0.25) is 4.79 Å². The average Bonchev–Trinajstić information content (AvgIpc) is 2.87. The minimum Gasteiger partial charge on any atom is -0.273 e. The molecule has 0 aromatic heterocycles. The fourth-order valence-corrected chi connectivity index (χ4v) is 2.91. The van der Waals surface area contributed by atoms with Gasteiger partial charge in [0.2, 0.25) is 5.91 Å². The monoisotopic (exact) mass is 278 g/mol. The van der Waals surface area contributed by atoms with Crippen molar-refractivity contribution in [3.05, 3.63) is 71.8 Å². The zero-order chi connectivity index (χ0) is 14.8. The van der Waals surface area contributed by atoms with Crippen molar-refractivity contribution in [1.29, 1.82) is 0 Å². The van der Waals surface area contributed by atoms with Gasteiger partial charge in [-0.1, -0.05) is 67.6 Å². The highest BCUT2D eigenvalue weighted by atomic mass is 16.2. The van der Waals surface area contributed by atoms with Crippen LogP contribution in [0.15, 0.2) is 65.8 Å². The van der Waals surface area contributed by atoms with Crippen molar-refractivity contribution in [1.82, 2.24) is 5.01 Å². The molecule has 2 atom stereocenters. The van der Waals surface area contributed by atoms with Crippen LogP contribution in [-0.2, 0) is 4.79 Å². The number of hydrogen-bond acceptors (Lipinski definition) is 2. The molecule has 0 unspecified atom stereocenters. The summed E-state index contributed by atoms with van der Waals surface area (Å²) in [7, 11) is 0. The maximum absolute atomic E-state index is 12.0. The van der Waals surface area contributed by atoms with Crippen LogP contribution in [0.3, 0.4) is 0 Å². The molecular weight excluding hydrogens is 260 g/mol. The zero-order valence-electron chi connectivity index (χ0n) is 12.2. The Balaban J connectivity index is 2.02. The highest BCUT2D eigenvalue weighted by Crippen LogP contribution is 2.37. The van der Waals surface area contributed by atoms with E-state index in [0.717, 1.165) is 16.8 Å². The Morgan fingerprint density at radius 3 is 2.14 bits per heavy atom. The molecule has 3 rings (SSSR count). The van der Waals surface area contributed by atoms with Gasteiger partial charge in [0.05, 0.1) is 11.8 Å². The van der Waals surface area contributed by atoms with Crippen LogP contribution in [0.1, 0.15) is 31.0 Å². The lowest BCUT2D eigenvalue weighted by Crippen LogP contribution is -2.27. The molecule has 0 spiro atoms. The maximum Gasteiger partial charge on any atom is 0.240 e. The topological polar surface area (TPSA) is 32.7 Å². The molecule has 3 heteroatoms. The molecule has 1 amide bonds. The summed E-state index contributed by atoms with van der Waals surface area (Å²) in [4.78, 5) is 12.0.